The molecule has 0 bridgehead atoms. The van der Waals surface area contributed by atoms with Crippen molar-refractivity contribution in [1.82, 2.24) is 0 Å². The molecule has 0 aliphatic heterocycles. The standard InChI is InChI=1S/C12H13N3O4/c1-8(12(16)17)7-14(2)11-4-3-10(15(18)19)5-9(11)6-13/h3-5,8H,7H2,1-2H3,(H,16,17). The number of nitro benzene ring substituents is 1. The van der Waals surface area contributed by atoms with Crippen LogP contribution in [0.15, 0.2) is 18.2 Å². The second-order valence-corrected chi connectivity index (χ2v) is 4.19. The minimum Gasteiger partial charge on any atom is -0.481 e. The molecule has 100 valence electrons. The van der Waals surface area contributed by atoms with Gasteiger partial charge in [-0.3, -0.25) is 14.9 Å². The van der Waals surface area contributed by atoms with Gasteiger partial charge in [0.1, 0.15) is 6.07 Å². The first-order chi connectivity index (χ1) is 8.86. The van der Waals surface area contributed by atoms with Crippen LogP contribution in [0, 0.1) is 27.4 Å². The number of benzene rings is 1. The zero-order chi connectivity index (χ0) is 14.6. The predicted molar refractivity (Wildman–Crippen MR) is 67.9 cm³/mol. The molecule has 1 aromatic rings. The topological polar surface area (TPSA) is 107 Å². The van der Waals surface area contributed by atoms with Crippen LogP contribution < -0.4 is 4.90 Å². The van der Waals surface area contributed by atoms with E-state index in [1.54, 1.807) is 18.9 Å². The fourth-order valence-electron chi connectivity index (χ4n) is 1.65. The van der Waals surface area contributed by atoms with Gasteiger partial charge in [-0.2, -0.15) is 5.26 Å². The van der Waals surface area contributed by atoms with Gasteiger partial charge >= 0.3 is 5.97 Å². The van der Waals surface area contributed by atoms with Gasteiger partial charge in [0.2, 0.25) is 0 Å². The lowest BCUT2D eigenvalue weighted by molar-refractivity contribution is -0.384. The lowest BCUT2D eigenvalue weighted by Gasteiger charge is -2.22. The molecule has 0 heterocycles. The average molecular weight is 263 g/mol. The normalized spacial score (nSPS) is 11.4. The number of carbonyl (C=O) groups is 1. The third-order valence-corrected chi connectivity index (χ3v) is 2.69. The molecule has 0 aliphatic rings. The van der Waals surface area contributed by atoms with Gasteiger partial charge in [-0.15, -0.1) is 0 Å². The van der Waals surface area contributed by atoms with Crippen LogP contribution >= 0.6 is 0 Å². The number of carboxylic acids is 1. The summed E-state index contributed by atoms with van der Waals surface area (Å²) in [5.74, 6) is -1.54. The first-order valence-corrected chi connectivity index (χ1v) is 5.49. The average Bonchev–Trinajstić information content (AvgIpc) is 2.37. The molecule has 0 amide bonds. The summed E-state index contributed by atoms with van der Waals surface area (Å²) < 4.78 is 0. The van der Waals surface area contributed by atoms with E-state index >= 15 is 0 Å². The van der Waals surface area contributed by atoms with E-state index < -0.39 is 16.8 Å². The highest BCUT2D eigenvalue weighted by atomic mass is 16.6. The van der Waals surface area contributed by atoms with E-state index in [0.717, 1.165) is 0 Å². The number of non-ortho nitro benzene ring substituents is 1. The fourth-order valence-corrected chi connectivity index (χ4v) is 1.65. The third-order valence-electron chi connectivity index (χ3n) is 2.69. The van der Waals surface area contributed by atoms with E-state index in [-0.39, 0.29) is 17.8 Å². The van der Waals surface area contributed by atoms with Gasteiger partial charge in [0.25, 0.3) is 5.69 Å². The maximum Gasteiger partial charge on any atom is 0.308 e. The number of nitriles is 1. The summed E-state index contributed by atoms with van der Waals surface area (Å²) in [5.41, 5.74) is 0.454. The summed E-state index contributed by atoms with van der Waals surface area (Å²) in [4.78, 5) is 22.4. The highest BCUT2D eigenvalue weighted by Gasteiger charge is 2.17. The summed E-state index contributed by atoms with van der Waals surface area (Å²) in [6, 6.07) is 5.80. The van der Waals surface area contributed by atoms with Crippen LogP contribution in [0.5, 0.6) is 0 Å². The molecule has 0 spiro atoms. The molecule has 19 heavy (non-hydrogen) atoms. The Morgan fingerprint density at radius 2 is 2.26 bits per heavy atom. The highest BCUT2D eigenvalue weighted by Crippen LogP contribution is 2.24. The van der Waals surface area contributed by atoms with Crippen molar-refractivity contribution in [1.29, 1.82) is 5.26 Å². The van der Waals surface area contributed by atoms with Crippen LogP contribution in [-0.2, 0) is 4.79 Å². The van der Waals surface area contributed by atoms with Crippen molar-refractivity contribution in [3.8, 4) is 6.07 Å². The molecule has 1 aromatic carbocycles. The monoisotopic (exact) mass is 263 g/mol. The minimum absolute atomic E-state index is 0.147. The molecule has 0 radical (unpaired) electrons. The van der Waals surface area contributed by atoms with Gasteiger partial charge in [-0.25, -0.2) is 0 Å². The Balaban J connectivity index is 3.04. The van der Waals surface area contributed by atoms with Crippen LogP contribution in [0.3, 0.4) is 0 Å². The number of rotatable bonds is 5. The predicted octanol–water partition coefficient (Wildman–Crippen LogP) is 1.62. The molecule has 0 fully saturated rings. The van der Waals surface area contributed by atoms with Gasteiger partial charge in [-0.1, -0.05) is 6.92 Å². The van der Waals surface area contributed by atoms with Crippen molar-refractivity contribution in [2.24, 2.45) is 5.92 Å². The Morgan fingerprint density at radius 3 is 2.74 bits per heavy atom. The summed E-state index contributed by atoms with van der Waals surface area (Å²) in [5, 5.41) is 28.5. The van der Waals surface area contributed by atoms with Crippen molar-refractivity contribution < 1.29 is 14.8 Å². The Labute approximate surface area is 109 Å². The van der Waals surface area contributed by atoms with Gasteiger partial charge in [0.15, 0.2) is 0 Å². The molecular weight excluding hydrogens is 250 g/mol. The van der Waals surface area contributed by atoms with Crippen molar-refractivity contribution >= 4 is 17.3 Å². The maximum atomic E-state index is 10.8. The Bertz CT molecular complexity index is 550. The number of anilines is 1. The minimum atomic E-state index is -0.938. The molecule has 0 aliphatic carbocycles. The van der Waals surface area contributed by atoms with E-state index in [0.29, 0.717) is 5.69 Å². The van der Waals surface area contributed by atoms with Gasteiger partial charge < -0.3 is 10.0 Å². The zero-order valence-corrected chi connectivity index (χ0v) is 10.5. The van der Waals surface area contributed by atoms with Crippen LogP contribution in [0.1, 0.15) is 12.5 Å². The molecule has 1 unspecified atom stereocenters. The van der Waals surface area contributed by atoms with Crippen LogP contribution in [-0.4, -0.2) is 29.6 Å². The lowest BCUT2D eigenvalue weighted by atomic mass is 10.1. The Hall–Kier alpha value is -2.62. The number of nitro groups is 1. The smallest absolute Gasteiger partial charge is 0.308 e. The molecule has 1 N–H and O–H groups in total. The number of nitrogens with zero attached hydrogens (tertiary/aromatic N) is 3. The van der Waals surface area contributed by atoms with Crippen LogP contribution in [0.25, 0.3) is 0 Å². The largest absolute Gasteiger partial charge is 0.481 e. The van der Waals surface area contributed by atoms with Gasteiger partial charge in [0, 0.05) is 25.7 Å². The van der Waals surface area contributed by atoms with Crippen molar-refractivity contribution in [3.63, 3.8) is 0 Å². The first-order valence-electron chi connectivity index (χ1n) is 5.49. The summed E-state index contributed by atoms with van der Waals surface area (Å²) >= 11 is 0. The summed E-state index contributed by atoms with van der Waals surface area (Å²) in [6.07, 6.45) is 0. The number of hydrogen-bond donors (Lipinski definition) is 1. The maximum absolute atomic E-state index is 10.8. The van der Waals surface area contributed by atoms with E-state index in [1.807, 2.05) is 6.07 Å². The van der Waals surface area contributed by atoms with E-state index in [4.69, 9.17) is 10.4 Å². The van der Waals surface area contributed by atoms with E-state index in [9.17, 15) is 14.9 Å². The Kier molecular flexibility index (Phi) is 4.42. The molecule has 0 aromatic heterocycles. The van der Waals surface area contributed by atoms with Crippen molar-refractivity contribution in [2.45, 2.75) is 6.92 Å². The first kappa shape index (κ1) is 14.4. The van der Waals surface area contributed by atoms with E-state index in [1.165, 1.54) is 18.2 Å². The molecule has 7 heteroatoms. The summed E-state index contributed by atoms with van der Waals surface area (Å²) in [7, 11) is 1.64. The molecule has 0 saturated carbocycles. The van der Waals surface area contributed by atoms with Gasteiger partial charge in [-0.05, 0) is 6.07 Å². The van der Waals surface area contributed by atoms with Crippen molar-refractivity contribution in [2.75, 3.05) is 18.5 Å². The Morgan fingerprint density at radius 1 is 1.63 bits per heavy atom. The second-order valence-electron chi connectivity index (χ2n) is 4.19. The second kappa shape index (κ2) is 5.82. The number of carboxylic acid groups (broad SMARTS) is 1. The molecule has 7 nitrogen and oxygen atoms in total. The highest BCUT2D eigenvalue weighted by molar-refractivity contribution is 5.71. The number of hydrogen-bond acceptors (Lipinski definition) is 5. The van der Waals surface area contributed by atoms with Gasteiger partial charge in [0.05, 0.1) is 22.1 Å². The van der Waals surface area contributed by atoms with Crippen LogP contribution in [0.2, 0.25) is 0 Å². The molecule has 0 saturated heterocycles. The number of aliphatic carboxylic acids is 1. The fraction of sp³-hybridized carbons (Fsp3) is 0.333. The summed E-state index contributed by atoms with van der Waals surface area (Å²) in [6.45, 7) is 1.76. The zero-order valence-electron chi connectivity index (χ0n) is 10.5. The van der Waals surface area contributed by atoms with Crippen molar-refractivity contribution in [3.05, 3.63) is 33.9 Å². The lowest BCUT2D eigenvalue weighted by Crippen LogP contribution is -2.28. The van der Waals surface area contributed by atoms with Crippen LogP contribution in [0.4, 0.5) is 11.4 Å². The molecule has 1 rings (SSSR count). The molecule has 1 atom stereocenters. The quantitative estimate of drug-likeness (QED) is 0.638. The third kappa shape index (κ3) is 3.42. The molecular formula is C12H13N3O4. The SMILES string of the molecule is CC(CN(C)c1ccc([N+](=O)[O-])cc1C#N)C(=O)O. The van der Waals surface area contributed by atoms with E-state index in [2.05, 4.69) is 0 Å².